The molecule has 0 aliphatic carbocycles. The Hall–Kier alpha value is -7.89. The number of fused-ring (bicyclic) bond motifs is 3. The van der Waals surface area contributed by atoms with Crippen LogP contribution in [0.4, 0.5) is 0 Å². The molecule has 0 aliphatic heterocycles. The maximum Gasteiger partial charge on any atom is 0.347 e. The minimum Gasteiger partial charge on any atom is -0.507 e. The van der Waals surface area contributed by atoms with E-state index in [1.54, 1.807) is 12.1 Å². The summed E-state index contributed by atoms with van der Waals surface area (Å²) >= 11 is 0. The number of esters is 2. The van der Waals surface area contributed by atoms with Crippen LogP contribution in [0, 0.1) is 0 Å². The number of methoxy groups -OCH3 is 3. The highest BCUT2D eigenvalue weighted by Gasteiger charge is 2.22. The highest BCUT2D eigenvalue weighted by molar-refractivity contribution is 5.93. The van der Waals surface area contributed by atoms with Gasteiger partial charge in [0, 0.05) is 37.4 Å². The number of rotatable bonds is 10. The summed E-state index contributed by atoms with van der Waals surface area (Å²) in [6, 6.07) is 13.3. The van der Waals surface area contributed by atoms with Crippen LogP contribution in [0.15, 0.2) is 88.8 Å². The van der Waals surface area contributed by atoms with Crippen LogP contribution in [0.2, 0.25) is 0 Å². The predicted molar refractivity (Wildman–Crippen MR) is 214 cm³/mol. The monoisotopic (exact) mass is 830 g/mol. The van der Waals surface area contributed by atoms with Gasteiger partial charge in [0.15, 0.2) is 0 Å². The molecule has 0 saturated carbocycles. The van der Waals surface area contributed by atoms with E-state index in [-0.39, 0.29) is 44.9 Å². The zero-order chi connectivity index (χ0) is 44.6. The quantitative estimate of drug-likeness (QED) is 0.106. The molecule has 0 radical (unpaired) electrons. The Morgan fingerprint density at radius 1 is 0.583 bits per heavy atom. The number of ether oxygens (including phenoxy) is 5. The molecular weight excluding hydrogens is 792 g/mol. The summed E-state index contributed by atoms with van der Waals surface area (Å²) in [5.74, 6) is -3.86. The van der Waals surface area contributed by atoms with Crippen molar-refractivity contribution < 1.29 is 71.4 Å². The SMILES string of the molecule is C=Cc1cc2cc(OC)cc(OC(C)=O)c2c(=O)o1.COc1cc(O)c2c(=O)oc(C(C)C(=O)O)cc2c1.COc1cc(OC(C)=O)c2c(=O)oc(C(C)C(=O)O)cc2c1. The lowest BCUT2D eigenvalue weighted by Crippen LogP contribution is -2.12. The van der Waals surface area contributed by atoms with Gasteiger partial charge < -0.3 is 52.3 Å². The van der Waals surface area contributed by atoms with Crippen molar-refractivity contribution in [2.75, 3.05) is 21.3 Å². The molecule has 2 unspecified atom stereocenters. The number of hydrogen-bond acceptors (Lipinski definition) is 16. The number of hydrogen-bond donors (Lipinski definition) is 3. The predicted octanol–water partition coefficient (Wildman–Crippen LogP) is 5.98. The van der Waals surface area contributed by atoms with Gasteiger partial charge in [-0.25, -0.2) is 14.4 Å². The van der Waals surface area contributed by atoms with E-state index < -0.39 is 52.6 Å². The average Bonchev–Trinajstić information content (AvgIpc) is 3.18. The Morgan fingerprint density at radius 2 is 0.950 bits per heavy atom. The highest BCUT2D eigenvalue weighted by Crippen LogP contribution is 2.33. The Morgan fingerprint density at radius 3 is 1.33 bits per heavy atom. The minimum absolute atomic E-state index is 0.00198. The zero-order valence-corrected chi connectivity index (χ0v) is 33.1. The van der Waals surface area contributed by atoms with Gasteiger partial charge in [0.25, 0.3) is 0 Å². The summed E-state index contributed by atoms with van der Waals surface area (Å²) in [6.07, 6.45) is 1.42. The Kier molecular flexibility index (Phi) is 14.2. The lowest BCUT2D eigenvalue weighted by molar-refractivity contribution is -0.139. The van der Waals surface area contributed by atoms with Gasteiger partial charge in [-0.15, -0.1) is 0 Å². The zero-order valence-electron chi connectivity index (χ0n) is 33.1. The van der Waals surface area contributed by atoms with Crippen LogP contribution in [0.25, 0.3) is 38.4 Å². The van der Waals surface area contributed by atoms with E-state index in [0.29, 0.717) is 39.2 Å². The molecule has 0 aliphatic rings. The molecule has 18 nitrogen and oxygen atoms in total. The first-order valence-electron chi connectivity index (χ1n) is 17.4. The van der Waals surface area contributed by atoms with Crippen LogP contribution in [0.1, 0.15) is 56.8 Å². The summed E-state index contributed by atoms with van der Waals surface area (Å²) < 4.78 is 40.2. The molecule has 0 amide bonds. The van der Waals surface area contributed by atoms with Crippen LogP contribution in [0.3, 0.4) is 0 Å². The van der Waals surface area contributed by atoms with E-state index in [0.717, 1.165) is 0 Å². The molecule has 0 saturated heterocycles. The molecule has 314 valence electrons. The van der Waals surface area contributed by atoms with Gasteiger partial charge >= 0.3 is 40.8 Å². The van der Waals surface area contributed by atoms with Crippen molar-refractivity contribution in [3.63, 3.8) is 0 Å². The average molecular weight is 831 g/mol. The second-order valence-electron chi connectivity index (χ2n) is 12.6. The molecule has 3 aromatic heterocycles. The van der Waals surface area contributed by atoms with E-state index in [2.05, 4.69) is 6.58 Å². The van der Waals surface area contributed by atoms with Gasteiger partial charge in [0.2, 0.25) is 0 Å². The van der Waals surface area contributed by atoms with Gasteiger partial charge in [-0.3, -0.25) is 19.2 Å². The maximum absolute atomic E-state index is 12.1. The summed E-state index contributed by atoms with van der Waals surface area (Å²) in [7, 11) is 4.33. The van der Waals surface area contributed by atoms with E-state index in [1.165, 1.54) is 97.6 Å². The number of carbonyl (C=O) groups is 4. The minimum atomic E-state index is -1.12. The van der Waals surface area contributed by atoms with E-state index in [9.17, 15) is 38.7 Å². The number of carboxylic acids is 2. The van der Waals surface area contributed by atoms with Crippen LogP contribution in [-0.2, 0) is 19.2 Å². The molecule has 0 bridgehead atoms. The molecule has 3 N–H and O–H groups in total. The molecule has 3 aromatic carbocycles. The number of carboxylic acid groups (broad SMARTS) is 2. The van der Waals surface area contributed by atoms with Crippen molar-refractivity contribution in [2.24, 2.45) is 0 Å². The van der Waals surface area contributed by atoms with Crippen molar-refractivity contribution in [3.8, 4) is 34.5 Å². The van der Waals surface area contributed by atoms with Gasteiger partial charge in [0.05, 0.1) is 21.3 Å². The van der Waals surface area contributed by atoms with E-state index in [1.807, 2.05) is 0 Å². The molecule has 0 fully saturated rings. The molecule has 6 aromatic rings. The van der Waals surface area contributed by atoms with Crippen LogP contribution in [0.5, 0.6) is 34.5 Å². The first-order valence-corrected chi connectivity index (χ1v) is 17.4. The van der Waals surface area contributed by atoms with Crippen LogP contribution < -0.4 is 40.6 Å². The summed E-state index contributed by atoms with van der Waals surface area (Å²) in [6.45, 7) is 8.81. The standard InChI is InChI=1S/C15H14O7.C14H12O5.C13H12O6/c1-7(14(17)18)11-5-9-4-10(20-3)6-12(21-8(2)16)13(9)15(19)22-11;1-4-10-5-9-6-11(17-3)7-12(18-8(2)15)13(9)14(16)19-10;1-6(12(15)16)10-4-7-3-8(18-2)5-9(14)11(7)13(17)19-10/h4-7H,1-3H3,(H,17,18);4-7H,1H2,2-3H3;3-6,14H,1-2H3,(H,15,16). The maximum atomic E-state index is 12.1. The van der Waals surface area contributed by atoms with Gasteiger partial charge in [-0.1, -0.05) is 6.58 Å². The number of benzene rings is 3. The second kappa shape index (κ2) is 19.0. The molecule has 2 atom stereocenters. The first kappa shape index (κ1) is 44.8. The molecule has 3 heterocycles. The Bertz CT molecular complexity index is 2830. The lowest BCUT2D eigenvalue weighted by Gasteiger charge is -2.10. The third-order valence-corrected chi connectivity index (χ3v) is 8.48. The van der Waals surface area contributed by atoms with Crippen molar-refractivity contribution in [3.05, 3.63) is 110 Å². The Labute approximate surface area is 338 Å². The number of carbonyl (C=O) groups excluding carboxylic acids is 2. The first-order chi connectivity index (χ1) is 28.3. The van der Waals surface area contributed by atoms with Gasteiger partial charge in [0.1, 0.15) is 79.8 Å². The van der Waals surface area contributed by atoms with Crippen molar-refractivity contribution in [2.45, 2.75) is 39.5 Å². The third-order valence-electron chi connectivity index (χ3n) is 8.48. The van der Waals surface area contributed by atoms with Crippen LogP contribution in [-0.4, -0.2) is 60.5 Å². The number of phenols is 1. The van der Waals surface area contributed by atoms with E-state index >= 15 is 0 Å². The fourth-order valence-electron chi connectivity index (χ4n) is 5.46. The lowest BCUT2D eigenvalue weighted by atomic mass is 10.1. The molecule has 0 spiro atoms. The Balaban J connectivity index is 0.000000199. The number of aromatic hydroxyl groups is 1. The molecule has 60 heavy (non-hydrogen) atoms. The fourth-order valence-corrected chi connectivity index (χ4v) is 5.46. The second-order valence-corrected chi connectivity index (χ2v) is 12.6. The summed E-state index contributed by atoms with van der Waals surface area (Å²) in [5.41, 5.74) is -2.15. The molecule has 18 heteroatoms. The van der Waals surface area contributed by atoms with Crippen LogP contribution >= 0.6 is 0 Å². The van der Waals surface area contributed by atoms with Crippen molar-refractivity contribution >= 4 is 62.3 Å². The number of phenolic OH excluding ortho intramolecular Hbond substituents is 1. The van der Waals surface area contributed by atoms with Crippen molar-refractivity contribution in [1.82, 2.24) is 0 Å². The smallest absolute Gasteiger partial charge is 0.347 e. The van der Waals surface area contributed by atoms with Gasteiger partial charge in [-0.05, 0) is 67.1 Å². The van der Waals surface area contributed by atoms with E-state index in [4.69, 9.17) is 47.1 Å². The number of aliphatic carboxylic acids is 2. The van der Waals surface area contributed by atoms with Gasteiger partial charge in [-0.2, -0.15) is 0 Å². The molecular formula is C42H38O18. The largest absolute Gasteiger partial charge is 0.507 e. The normalized spacial score (nSPS) is 11.5. The summed E-state index contributed by atoms with van der Waals surface area (Å²) in [4.78, 5) is 80.0. The fraction of sp³-hybridized carbons (Fsp3) is 0.214. The summed E-state index contributed by atoms with van der Waals surface area (Å²) in [5, 5.41) is 29.2. The topological polar surface area (TPSA) is 266 Å². The third kappa shape index (κ3) is 10.3. The molecule has 6 rings (SSSR count). The van der Waals surface area contributed by atoms with Crippen molar-refractivity contribution in [1.29, 1.82) is 0 Å². The highest BCUT2D eigenvalue weighted by atomic mass is 16.5.